The van der Waals surface area contributed by atoms with Crippen LogP contribution in [0.4, 0.5) is 11.6 Å². The van der Waals surface area contributed by atoms with Crippen LogP contribution in [0, 0.1) is 0 Å². The van der Waals surface area contributed by atoms with Crippen LogP contribution in [0.5, 0.6) is 0 Å². The number of nitrogens with zero attached hydrogens (tertiary/aromatic N) is 3. The maximum absolute atomic E-state index is 12.7. The smallest absolute Gasteiger partial charge is 0.263 e. The highest BCUT2D eigenvalue weighted by Crippen LogP contribution is 2.21. The summed E-state index contributed by atoms with van der Waals surface area (Å²) in [6, 6.07) is 11.3. The van der Waals surface area contributed by atoms with E-state index in [0.717, 1.165) is 18.9 Å². The lowest BCUT2D eigenvalue weighted by Gasteiger charge is -2.12. The average molecular weight is 446 g/mol. The van der Waals surface area contributed by atoms with Crippen LogP contribution in [0.2, 0.25) is 0 Å². The van der Waals surface area contributed by atoms with Gasteiger partial charge in [0.1, 0.15) is 11.6 Å². The number of hydrogen-bond donors (Lipinski definition) is 3. The zero-order valence-electron chi connectivity index (χ0n) is 16.7. The van der Waals surface area contributed by atoms with Crippen LogP contribution >= 0.6 is 12.6 Å². The zero-order valence-corrected chi connectivity index (χ0v) is 18.4. The molecule has 158 valence electrons. The molecule has 0 fully saturated rings. The molecule has 0 saturated heterocycles. The first-order valence-corrected chi connectivity index (χ1v) is 11.3. The molecule has 0 aliphatic carbocycles. The number of pyridine rings is 2. The van der Waals surface area contributed by atoms with Crippen LogP contribution in [0.3, 0.4) is 0 Å². The van der Waals surface area contributed by atoms with Crippen LogP contribution < -0.4 is 10.0 Å². The van der Waals surface area contributed by atoms with Crippen LogP contribution in [-0.2, 0) is 10.0 Å². The maximum atomic E-state index is 12.7. The molecule has 3 rings (SSSR count). The van der Waals surface area contributed by atoms with Crippen molar-refractivity contribution in [2.24, 2.45) is 0 Å². The fourth-order valence-corrected chi connectivity index (χ4v) is 3.91. The van der Waals surface area contributed by atoms with Crippen LogP contribution in [-0.4, -0.2) is 62.0 Å². The topological polar surface area (TPSA) is 104 Å². The van der Waals surface area contributed by atoms with Gasteiger partial charge in [-0.3, -0.25) is 9.52 Å². The number of Topliss-reactive ketones (excluding diaryl/α,β-unsaturated/α-hetero) is 1. The van der Waals surface area contributed by atoms with Crippen molar-refractivity contribution in [1.29, 1.82) is 0 Å². The molecular formula is C20H23N5O3S2. The van der Waals surface area contributed by atoms with Gasteiger partial charge in [-0.05, 0) is 56.6 Å². The van der Waals surface area contributed by atoms with E-state index in [9.17, 15) is 13.2 Å². The number of aromatic nitrogens is 2. The Morgan fingerprint density at radius 3 is 2.53 bits per heavy atom. The number of benzene rings is 1. The molecule has 0 spiro atoms. The van der Waals surface area contributed by atoms with E-state index in [0.29, 0.717) is 16.5 Å². The van der Waals surface area contributed by atoms with Gasteiger partial charge in [-0.1, -0.05) is 0 Å². The second-order valence-electron chi connectivity index (χ2n) is 6.90. The van der Waals surface area contributed by atoms with Crippen LogP contribution in [0.25, 0.3) is 10.9 Å². The lowest BCUT2D eigenvalue weighted by Crippen LogP contribution is -2.21. The molecule has 0 radical (unpaired) electrons. The van der Waals surface area contributed by atoms with Crippen molar-refractivity contribution in [3.8, 4) is 0 Å². The minimum Gasteiger partial charge on any atom is -0.369 e. The van der Waals surface area contributed by atoms with Gasteiger partial charge in [0.2, 0.25) is 0 Å². The molecule has 1 aromatic carbocycles. The van der Waals surface area contributed by atoms with Gasteiger partial charge in [-0.15, -0.1) is 0 Å². The van der Waals surface area contributed by atoms with Crippen molar-refractivity contribution in [2.45, 2.75) is 4.90 Å². The number of fused-ring (bicyclic) bond motifs is 1. The minimum absolute atomic E-state index is 0.0603. The molecule has 8 nitrogen and oxygen atoms in total. The van der Waals surface area contributed by atoms with Gasteiger partial charge in [0, 0.05) is 30.2 Å². The Morgan fingerprint density at radius 1 is 1.10 bits per heavy atom. The number of anilines is 2. The third kappa shape index (κ3) is 5.47. The van der Waals surface area contributed by atoms with Crippen molar-refractivity contribution in [2.75, 3.05) is 43.0 Å². The van der Waals surface area contributed by atoms with Crippen LogP contribution in [0.15, 0.2) is 53.6 Å². The summed E-state index contributed by atoms with van der Waals surface area (Å²) in [4.78, 5) is 22.3. The lowest BCUT2D eigenvalue weighted by atomic mass is 10.2. The predicted molar refractivity (Wildman–Crippen MR) is 122 cm³/mol. The van der Waals surface area contributed by atoms with Gasteiger partial charge < -0.3 is 10.2 Å². The predicted octanol–water partition coefficient (Wildman–Crippen LogP) is 2.52. The molecule has 0 saturated carbocycles. The van der Waals surface area contributed by atoms with Gasteiger partial charge >= 0.3 is 0 Å². The molecular weight excluding hydrogens is 422 g/mol. The molecule has 2 N–H and O–H groups in total. The van der Waals surface area contributed by atoms with Crippen molar-refractivity contribution in [3.05, 3.63) is 54.2 Å². The summed E-state index contributed by atoms with van der Waals surface area (Å²) in [5.41, 5.74) is 1.07. The summed E-state index contributed by atoms with van der Waals surface area (Å²) in [6.45, 7) is 1.63. The number of carbonyl (C=O) groups is 1. The van der Waals surface area contributed by atoms with Crippen molar-refractivity contribution in [3.63, 3.8) is 0 Å². The molecule has 30 heavy (non-hydrogen) atoms. The fourth-order valence-electron chi connectivity index (χ4n) is 2.68. The SMILES string of the molecule is CN(C)CCNc1ccc2cc(S(=O)(=O)Nc3ccc(C(=O)CS)cn3)ccc2n1. The third-order valence-electron chi connectivity index (χ3n) is 4.30. The number of nitrogens with one attached hydrogen (secondary N) is 2. The molecule has 0 aliphatic rings. The van der Waals surface area contributed by atoms with E-state index >= 15 is 0 Å². The largest absolute Gasteiger partial charge is 0.369 e. The normalized spacial score (nSPS) is 11.6. The molecule has 10 heteroatoms. The van der Waals surface area contributed by atoms with E-state index in [1.807, 2.05) is 26.2 Å². The quantitative estimate of drug-likeness (QED) is 0.343. The Morgan fingerprint density at radius 2 is 1.87 bits per heavy atom. The first-order valence-electron chi connectivity index (χ1n) is 9.21. The van der Waals surface area contributed by atoms with Crippen LogP contribution in [0.1, 0.15) is 10.4 Å². The Kier molecular flexibility index (Phi) is 6.91. The molecule has 0 atom stereocenters. The van der Waals surface area contributed by atoms with E-state index in [4.69, 9.17) is 0 Å². The van der Waals surface area contributed by atoms with Crippen molar-refractivity contribution in [1.82, 2.24) is 14.9 Å². The molecule has 0 amide bonds. The van der Waals surface area contributed by atoms with E-state index in [1.165, 1.54) is 24.4 Å². The van der Waals surface area contributed by atoms with Gasteiger partial charge in [0.05, 0.1) is 16.2 Å². The lowest BCUT2D eigenvalue weighted by molar-refractivity contribution is 0.102. The zero-order chi connectivity index (χ0) is 21.7. The van der Waals surface area contributed by atoms with E-state index in [2.05, 4.69) is 37.5 Å². The van der Waals surface area contributed by atoms with E-state index in [-0.39, 0.29) is 22.2 Å². The fraction of sp³-hybridized carbons (Fsp3) is 0.250. The highest BCUT2D eigenvalue weighted by molar-refractivity contribution is 7.92. The molecule has 3 aromatic rings. The number of thiol groups is 1. The minimum atomic E-state index is -3.84. The second-order valence-corrected chi connectivity index (χ2v) is 8.90. The van der Waals surface area contributed by atoms with Gasteiger partial charge in [0.15, 0.2) is 5.78 Å². The number of hydrogen-bond acceptors (Lipinski definition) is 8. The molecule has 2 heterocycles. The highest BCUT2D eigenvalue weighted by atomic mass is 32.2. The summed E-state index contributed by atoms with van der Waals surface area (Å²) in [6.07, 6.45) is 1.32. The summed E-state index contributed by atoms with van der Waals surface area (Å²) >= 11 is 3.93. The maximum Gasteiger partial charge on any atom is 0.263 e. The van der Waals surface area contributed by atoms with Crippen molar-refractivity contribution < 1.29 is 13.2 Å². The van der Waals surface area contributed by atoms with Gasteiger partial charge in [-0.25, -0.2) is 18.4 Å². The first kappa shape index (κ1) is 22.0. The number of ketones is 1. The number of carbonyl (C=O) groups excluding carboxylic acids is 1. The Balaban J connectivity index is 1.76. The monoisotopic (exact) mass is 445 g/mol. The summed E-state index contributed by atoms with van der Waals surface area (Å²) in [5.74, 6) is 0.741. The van der Waals surface area contributed by atoms with Gasteiger partial charge in [-0.2, -0.15) is 12.6 Å². The standard InChI is InChI=1S/C20H23N5O3S2/c1-25(2)10-9-21-19-7-3-14-11-16(5-6-17(14)23-19)30(27,28)24-20-8-4-15(12-22-20)18(26)13-29/h3-8,11-12,29H,9-10,13H2,1-2H3,(H,21,23)(H,22,24). The number of sulfonamides is 1. The molecule has 0 bridgehead atoms. The third-order valence-corrected chi connectivity index (χ3v) is 5.94. The van der Waals surface area contributed by atoms with Gasteiger partial charge in [0.25, 0.3) is 10.0 Å². The summed E-state index contributed by atoms with van der Waals surface area (Å²) in [7, 11) is 0.155. The molecule has 0 aliphatic heterocycles. The average Bonchev–Trinajstić information content (AvgIpc) is 2.72. The summed E-state index contributed by atoms with van der Waals surface area (Å²) < 4.78 is 27.9. The first-order chi connectivity index (χ1) is 14.3. The molecule has 0 unspecified atom stereocenters. The van der Waals surface area contributed by atoms with Crippen molar-refractivity contribution >= 4 is 51.0 Å². The number of likely N-dealkylation sites (N-methyl/N-ethyl adjacent to an activating group) is 1. The Labute approximate surface area is 181 Å². The molecule has 2 aromatic heterocycles. The Hall–Kier alpha value is -2.69. The number of rotatable bonds is 9. The van der Waals surface area contributed by atoms with E-state index < -0.39 is 10.0 Å². The Bertz CT molecular complexity index is 1150. The summed E-state index contributed by atoms with van der Waals surface area (Å²) in [5, 5.41) is 3.95. The highest BCUT2D eigenvalue weighted by Gasteiger charge is 2.16. The second kappa shape index (κ2) is 9.41. The van der Waals surface area contributed by atoms with E-state index in [1.54, 1.807) is 12.1 Å².